The molecule has 1 aromatic carbocycles. The van der Waals surface area contributed by atoms with Crippen LogP contribution in [0.4, 0.5) is 5.69 Å². The lowest BCUT2D eigenvalue weighted by atomic mass is 10.2. The van der Waals surface area contributed by atoms with Crippen molar-refractivity contribution in [1.82, 2.24) is 24.5 Å². The van der Waals surface area contributed by atoms with E-state index in [0.29, 0.717) is 36.0 Å². The number of carbonyl (C=O) groups excluding carboxylic acids is 1. The number of carbonyl (C=O) groups is 1. The van der Waals surface area contributed by atoms with Crippen LogP contribution in [-0.4, -0.2) is 57.7 Å². The van der Waals surface area contributed by atoms with Crippen LogP contribution in [0.15, 0.2) is 45.8 Å². The number of aryl methyl sites for hydroxylation is 3. The Balaban J connectivity index is 1.62. The molecule has 0 aliphatic heterocycles. The van der Waals surface area contributed by atoms with Gasteiger partial charge in [0.1, 0.15) is 0 Å². The van der Waals surface area contributed by atoms with Crippen LogP contribution in [0.3, 0.4) is 0 Å². The first-order valence-corrected chi connectivity index (χ1v) is 13.5. The topological polar surface area (TPSA) is 110 Å². The van der Waals surface area contributed by atoms with Crippen LogP contribution in [0.5, 0.6) is 0 Å². The zero-order valence-electron chi connectivity index (χ0n) is 18.2. The van der Waals surface area contributed by atoms with Gasteiger partial charge in [0, 0.05) is 30.1 Å². The average Bonchev–Trinajstić information content (AvgIpc) is 3.44. The van der Waals surface area contributed by atoms with Crippen LogP contribution >= 0.6 is 23.1 Å². The summed E-state index contributed by atoms with van der Waals surface area (Å²) in [6.45, 7) is 6.73. The molecule has 12 heteroatoms. The fraction of sp³-hybridized carbons (Fsp3) is 0.400. The van der Waals surface area contributed by atoms with Gasteiger partial charge >= 0.3 is 0 Å². The van der Waals surface area contributed by atoms with Gasteiger partial charge < -0.3 is 5.32 Å². The van der Waals surface area contributed by atoms with Crippen LogP contribution in [0.1, 0.15) is 24.3 Å². The van der Waals surface area contributed by atoms with E-state index in [1.54, 1.807) is 48.9 Å². The van der Waals surface area contributed by atoms with Gasteiger partial charge in [-0.25, -0.2) is 13.1 Å². The standard InChI is InChI=1S/C20H26N6O3S3/c1-4-25(5-2)32(28,29)18-13-16(9-8-15(18)3)21-19(27)14-31-20-22-23-24-26(20)11-10-17-7-6-12-30-17/h6-9,12-13H,4-5,10-11,14H2,1-3H3,(H,21,27). The van der Waals surface area contributed by atoms with Crippen molar-refractivity contribution in [3.63, 3.8) is 0 Å². The molecule has 1 N–H and O–H groups in total. The summed E-state index contributed by atoms with van der Waals surface area (Å²) in [5.74, 6) is -0.163. The molecule has 0 unspecified atom stereocenters. The lowest BCUT2D eigenvalue weighted by Crippen LogP contribution is -2.31. The Morgan fingerprint density at radius 2 is 2.03 bits per heavy atom. The lowest BCUT2D eigenvalue weighted by molar-refractivity contribution is -0.113. The number of aromatic nitrogens is 4. The quantitative estimate of drug-likeness (QED) is 0.408. The Morgan fingerprint density at radius 1 is 1.25 bits per heavy atom. The summed E-state index contributed by atoms with van der Waals surface area (Å²) >= 11 is 2.91. The van der Waals surface area contributed by atoms with Gasteiger partial charge in [0.05, 0.1) is 17.2 Å². The van der Waals surface area contributed by atoms with Crippen LogP contribution < -0.4 is 5.32 Å². The number of sulfonamides is 1. The molecule has 0 spiro atoms. The third-order valence-corrected chi connectivity index (χ3v) is 8.86. The third kappa shape index (κ3) is 5.94. The number of thiophene rings is 1. The molecule has 2 aromatic heterocycles. The highest BCUT2D eigenvalue weighted by Crippen LogP contribution is 2.24. The molecule has 3 aromatic rings. The molecule has 1 amide bonds. The summed E-state index contributed by atoms with van der Waals surface area (Å²) in [6.07, 6.45) is 0.815. The number of tetrazole rings is 1. The number of benzene rings is 1. The van der Waals surface area contributed by atoms with Gasteiger partial charge in [-0.05, 0) is 46.5 Å². The van der Waals surface area contributed by atoms with E-state index in [1.165, 1.54) is 27.0 Å². The number of rotatable bonds is 11. The van der Waals surface area contributed by atoms with Crippen molar-refractivity contribution >= 4 is 44.7 Å². The van der Waals surface area contributed by atoms with E-state index in [4.69, 9.17) is 0 Å². The molecule has 32 heavy (non-hydrogen) atoms. The van der Waals surface area contributed by atoms with Crippen LogP contribution in [0.25, 0.3) is 0 Å². The van der Waals surface area contributed by atoms with Crippen molar-refractivity contribution in [3.05, 3.63) is 46.2 Å². The van der Waals surface area contributed by atoms with Gasteiger partial charge in [-0.1, -0.05) is 37.7 Å². The van der Waals surface area contributed by atoms with Crippen molar-refractivity contribution < 1.29 is 13.2 Å². The summed E-state index contributed by atoms with van der Waals surface area (Å²) in [6, 6.07) is 8.97. The van der Waals surface area contributed by atoms with Crippen molar-refractivity contribution in [2.75, 3.05) is 24.2 Å². The Kier molecular flexibility index (Phi) is 8.40. The zero-order chi connectivity index (χ0) is 23.1. The number of amides is 1. The highest BCUT2D eigenvalue weighted by Gasteiger charge is 2.24. The van der Waals surface area contributed by atoms with E-state index in [-0.39, 0.29) is 16.6 Å². The first-order chi connectivity index (χ1) is 15.3. The summed E-state index contributed by atoms with van der Waals surface area (Å²) < 4.78 is 28.9. The Hall–Kier alpha value is -2.28. The molecule has 0 aliphatic carbocycles. The molecule has 3 rings (SSSR count). The van der Waals surface area contributed by atoms with Crippen LogP contribution in [0.2, 0.25) is 0 Å². The molecule has 0 saturated carbocycles. The maximum absolute atomic E-state index is 12.9. The molecule has 0 aliphatic rings. The van der Waals surface area contributed by atoms with Gasteiger partial charge in [-0.3, -0.25) is 4.79 Å². The molecule has 2 heterocycles. The van der Waals surface area contributed by atoms with Gasteiger partial charge in [-0.15, -0.1) is 16.4 Å². The molecule has 9 nitrogen and oxygen atoms in total. The van der Waals surface area contributed by atoms with E-state index in [2.05, 4.69) is 26.9 Å². The van der Waals surface area contributed by atoms with E-state index < -0.39 is 10.0 Å². The molecular formula is C20H26N6O3S3. The second-order valence-corrected chi connectivity index (χ2v) is 10.8. The fourth-order valence-corrected chi connectivity index (χ4v) is 6.21. The Labute approximate surface area is 196 Å². The molecular weight excluding hydrogens is 468 g/mol. The van der Waals surface area contributed by atoms with Crippen molar-refractivity contribution in [3.8, 4) is 0 Å². The van der Waals surface area contributed by atoms with Crippen LogP contribution in [0, 0.1) is 6.92 Å². The molecule has 0 bridgehead atoms. The van der Waals surface area contributed by atoms with Gasteiger partial charge in [-0.2, -0.15) is 4.31 Å². The predicted octanol–water partition coefficient (Wildman–Crippen LogP) is 3.05. The minimum absolute atomic E-state index is 0.103. The minimum Gasteiger partial charge on any atom is -0.325 e. The molecule has 0 saturated heterocycles. The largest absolute Gasteiger partial charge is 0.325 e. The third-order valence-electron chi connectivity index (χ3n) is 4.78. The van der Waals surface area contributed by atoms with Crippen molar-refractivity contribution in [2.24, 2.45) is 0 Å². The smallest absolute Gasteiger partial charge is 0.243 e. The second kappa shape index (κ2) is 11.0. The maximum atomic E-state index is 12.9. The first kappa shape index (κ1) is 24.4. The van der Waals surface area contributed by atoms with Gasteiger partial charge in [0.25, 0.3) is 0 Å². The number of hydrogen-bond donors (Lipinski definition) is 1. The Morgan fingerprint density at radius 3 is 2.72 bits per heavy atom. The number of nitrogens with zero attached hydrogens (tertiary/aromatic N) is 5. The number of anilines is 1. The Bertz CT molecular complexity index is 1140. The van der Waals surface area contributed by atoms with Crippen molar-refractivity contribution in [2.45, 2.75) is 43.8 Å². The lowest BCUT2D eigenvalue weighted by Gasteiger charge is -2.20. The SMILES string of the molecule is CCN(CC)S(=O)(=O)c1cc(NC(=O)CSc2nnnn2CCc2cccs2)ccc1C. The highest BCUT2D eigenvalue weighted by atomic mass is 32.2. The first-order valence-electron chi connectivity index (χ1n) is 10.2. The maximum Gasteiger partial charge on any atom is 0.243 e. The molecule has 172 valence electrons. The van der Waals surface area contributed by atoms with E-state index >= 15 is 0 Å². The summed E-state index contributed by atoms with van der Waals surface area (Å²) in [7, 11) is -3.62. The average molecular weight is 495 g/mol. The highest BCUT2D eigenvalue weighted by molar-refractivity contribution is 7.99. The fourth-order valence-electron chi connectivity index (χ4n) is 3.10. The molecule has 0 atom stereocenters. The van der Waals surface area contributed by atoms with Gasteiger partial charge in [0.15, 0.2) is 0 Å². The van der Waals surface area contributed by atoms with Gasteiger partial charge in [0.2, 0.25) is 21.1 Å². The van der Waals surface area contributed by atoms with Crippen LogP contribution in [-0.2, 0) is 27.8 Å². The van der Waals surface area contributed by atoms with Crippen molar-refractivity contribution in [1.29, 1.82) is 0 Å². The summed E-state index contributed by atoms with van der Waals surface area (Å²) in [4.78, 5) is 13.9. The molecule has 0 fully saturated rings. The predicted molar refractivity (Wildman–Crippen MR) is 126 cm³/mol. The zero-order valence-corrected chi connectivity index (χ0v) is 20.6. The monoisotopic (exact) mass is 494 g/mol. The van der Waals surface area contributed by atoms with E-state index in [1.807, 2.05) is 11.4 Å². The molecule has 0 radical (unpaired) electrons. The second-order valence-electron chi connectivity index (χ2n) is 6.92. The summed E-state index contributed by atoms with van der Waals surface area (Å²) in [5.41, 5.74) is 1.07. The van der Waals surface area contributed by atoms with E-state index in [0.717, 1.165) is 6.42 Å². The minimum atomic E-state index is -3.62. The van der Waals surface area contributed by atoms with E-state index in [9.17, 15) is 13.2 Å². The normalized spacial score (nSPS) is 11.8. The number of hydrogen-bond acceptors (Lipinski definition) is 8. The number of thioether (sulfide) groups is 1. The summed E-state index contributed by atoms with van der Waals surface area (Å²) in [5, 5.41) is 17.1. The number of nitrogens with one attached hydrogen (secondary N) is 1.